The van der Waals surface area contributed by atoms with E-state index in [2.05, 4.69) is 259 Å². The van der Waals surface area contributed by atoms with Crippen LogP contribution in [0.25, 0.3) is 43.9 Å². The summed E-state index contributed by atoms with van der Waals surface area (Å²) in [5, 5.41) is 4.44. The molecular formula is C66H58BN3O2. The Morgan fingerprint density at radius 2 is 0.792 bits per heavy atom. The number of benzene rings is 9. The van der Waals surface area contributed by atoms with E-state index in [-0.39, 0.29) is 23.0 Å². The molecule has 4 heterocycles. The molecule has 72 heavy (non-hydrogen) atoms. The van der Waals surface area contributed by atoms with E-state index < -0.39 is 0 Å². The van der Waals surface area contributed by atoms with E-state index >= 15 is 0 Å². The van der Waals surface area contributed by atoms with Gasteiger partial charge < -0.3 is 23.5 Å². The summed E-state index contributed by atoms with van der Waals surface area (Å²) in [5.41, 5.74) is 21.3. The molecular weight excluding hydrogens is 878 g/mol. The van der Waals surface area contributed by atoms with Gasteiger partial charge in [-0.2, -0.15) is 0 Å². The predicted molar refractivity (Wildman–Crippen MR) is 306 cm³/mol. The third-order valence-electron chi connectivity index (χ3n) is 15.3. The van der Waals surface area contributed by atoms with E-state index in [0.29, 0.717) is 0 Å². The number of hydrogen-bond acceptors (Lipinski definition) is 5. The Morgan fingerprint density at radius 1 is 0.347 bits per heavy atom. The molecule has 6 heteroatoms. The molecule has 352 valence electrons. The summed E-state index contributed by atoms with van der Waals surface area (Å²) in [6, 6.07) is 69.8. The Balaban J connectivity index is 1.08. The molecule has 2 aliphatic rings. The molecule has 5 nitrogen and oxygen atoms in total. The lowest BCUT2D eigenvalue weighted by Crippen LogP contribution is -2.61. The third-order valence-corrected chi connectivity index (χ3v) is 15.3. The highest BCUT2D eigenvalue weighted by Crippen LogP contribution is 2.48. The zero-order chi connectivity index (χ0) is 49.4. The van der Waals surface area contributed by atoms with Gasteiger partial charge in [0.2, 0.25) is 0 Å². The highest BCUT2D eigenvalue weighted by Gasteiger charge is 2.44. The minimum Gasteiger partial charge on any atom is -0.456 e. The van der Waals surface area contributed by atoms with E-state index in [1.807, 2.05) is 6.07 Å². The SMILES string of the molecule is CC(C)(C)c1ccc(N(c2ccc3c(c2)N(c2ccc(C(C)(C)C)cc2)c2cccc4c2B3c2cc3c(cc2N4c2ccc(C(C)(C)C)cc2)oc2ccccc23)c2ccc3oc4ccccc4c3c2)cc1. The van der Waals surface area contributed by atoms with Crippen LogP contribution in [0.3, 0.4) is 0 Å². The summed E-state index contributed by atoms with van der Waals surface area (Å²) in [7, 11) is 0. The van der Waals surface area contributed by atoms with Crippen LogP contribution >= 0.6 is 0 Å². The first-order valence-electron chi connectivity index (χ1n) is 25.4. The van der Waals surface area contributed by atoms with Crippen LogP contribution in [0.2, 0.25) is 0 Å². The van der Waals surface area contributed by atoms with Gasteiger partial charge in [0.25, 0.3) is 6.71 Å². The fourth-order valence-electron chi connectivity index (χ4n) is 11.5. The van der Waals surface area contributed by atoms with Crippen LogP contribution in [0.15, 0.2) is 197 Å². The standard InChI is InChI=1S/C66H58BN3O2/c1-64(2,3)41-21-27-44(28-22-41)68(47-34-36-61-51(37-47)49-15-10-12-19-59(49)71-61)48-33-35-53-57(38-48)69(45-29-23-42(24-30-45)65(4,5)6)55-17-14-18-56-63(55)67(53)54-39-52-50-16-11-13-20-60(50)72-62(52)40-58(54)70(56)46-31-25-43(26-32-46)66(7,8)9/h10-40H,1-9H3. The average Bonchev–Trinajstić information content (AvgIpc) is 3.93. The maximum atomic E-state index is 6.69. The third kappa shape index (κ3) is 6.98. The predicted octanol–water partition coefficient (Wildman–Crippen LogP) is 16.9. The number of para-hydroxylation sites is 2. The molecule has 9 aromatic carbocycles. The molecule has 11 aromatic rings. The molecule has 0 N–H and O–H groups in total. The van der Waals surface area contributed by atoms with E-state index in [9.17, 15) is 0 Å². The van der Waals surface area contributed by atoms with Crippen molar-refractivity contribution in [2.45, 2.75) is 78.6 Å². The first-order valence-corrected chi connectivity index (χ1v) is 25.4. The number of nitrogens with zero attached hydrogens (tertiary/aromatic N) is 3. The van der Waals surface area contributed by atoms with Crippen molar-refractivity contribution in [2.75, 3.05) is 14.7 Å². The molecule has 0 unspecified atom stereocenters. The summed E-state index contributed by atoms with van der Waals surface area (Å²) in [6.45, 7) is 20.4. The van der Waals surface area contributed by atoms with Gasteiger partial charge in [-0.3, -0.25) is 0 Å². The van der Waals surface area contributed by atoms with Crippen molar-refractivity contribution in [1.82, 2.24) is 0 Å². The molecule has 0 aliphatic carbocycles. The molecule has 0 amide bonds. The number of anilines is 9. The van der Waals surface area contributed by atoms with Gasteiger partial charge in [-0.05, 0) is 140 Å². The van der Waals surface area contributed by atoms with Gasteiger partial charge >= 0.3 is 0 Å². The minimum atomic E-state index is -0.0864. The second kappa shape index (κ2) is 15.8. The van der Waals surface area contributed by atoms with Crippen LogP contribution in [0.4, 0.5) is 51.2 Å². The second-order valence-corrected chi connectivity index (χ2v) is 23.1. The lowest BCUT2D eigenvalue weighted by atomic mass is 9.33. The van der Waals surface area contributed by atoms with Crippen molar-refractivity contribution in [2.24, 2.45) is 0 Å². The Labute approximate surface area is 423 Å². The van der Waals surface area contributed by atoms with Crippen molar-refractivity contribution < 1.29 is 8.83 Å². The fourth-order valence-corrected chi connectivity index (χ4v) is 11.5. The van der Waals surface area contributed by atoms with Crippen molar-refractivity contribution in [1.29, 1.82) is 0 Å². The van der Waals surface area contributed by atoms with Gasteiger partial charge in [-0.25, -0.2) is 0 Å². The van der Waals surface area contributed by atoms with Crippen LogP contribution < -0.4 is 31.1 Å². The van der Waals surface area contributed by atoms with Gasteiger partial charge in [0.05, 0.1) is 0 Å². The Bertz CT molecular complexity index is 3940. The first-order chi connectivity index (χ1) is 34.6. The Hall–Kier alpha value is -7.96. The van der Waals surface area contributed by atoms with Crippen molar-refractivity contribution in [3.63, 3.8) is 0 Å². The van der Waals surface area contributed by atoms with Crippen LogP contribution in [0.5, 0.6) is 0 Å². The van der Waals surface area contributed by atoms with Gasteiger partial charge in [0.15, 0.2) is 0 Å². The maximum Gasteiger partial charge on any atom is 0.252 e. The summed E-state index contributed by atoms with van der Waals surface area (Å²) >= 11 is 0. The van der Waals surface area contributed by atoms with Gasteiger partial charge in [0.1, 0.15) is 22.3 Å². The molecule has 0 bridgehead atoms. The largest absolute Gasteiger partial charge is 0.456 e. The zero-order valence-electron chi connectivity index (χ0n) is 42.6. The molecule has 2 aromatic heterocycles. The van der Waals surface area contributed by atoms with Gasteiger partial charge in [0, 0.05) is 78.8 Å². The van der Waals surface area contributed by atoms with Crippen LogP contribution in [-0.2, 0) is 16.2 Å². The van der Waals surface area contributed by atoms with E-state index in [0.717, 1.165) is 95.1 Å². The zero-order valence-corrected chi connectivity index (χ0v) is 42.6. The lowest BCUT2D eigenvalue weighted by Gasteiger charge is -2.44. The van der Waals surface area contributed by atoms with Crippen LogP contribution in [0.1, 0.15) is 79.0 Å². The highest BCUT2D eigenvalue weighted by atomic mass is 16.3. The minimum absolute atomic E-state index is 0.00229. The molecule has 0 saturated heterocycles. The summed E-state index contributed by atoms with van der Waals surface area (Å²) in [6.07, 6.45) is 0. The molecule has 2 aliphatic heterocycles. The van der Waals surface area contributed by atoms with E-state index in [1.54, 1.807) is 0 Å². The van der Waals surface area contributed by atoms with E-state index in [4.69, 9.17) is 8.83 Å². The van der Waals surface area contributed by atoms with Crippen molar-refractivity contribution in [3.8, 4) is 0 Å². The van der Waals surface area contributed by atoms with Gasteiger partial charge in [-0.1, -0.05) is 153 Å². The topological polar surface area (TPSA) is 36.0 Å². The monoisotopic (exact) mass is 935 g/mol. The normalized spacial score (nSPS) is 13.5. The summed E-state index contributed by atoms with van der Waals surface area (Å²) in [5.74, 6) is 0. The maximum absolute atomic E-state index is 6.69. The molecule has 13 rings (SSSR count). The molecule has 0 spiro atoms. The fraction of sp³-hybridized carbons (Fsp3) is 0.182. The van der Waals surface area contributed by atoms with E-state index in [1.165, 1.54) is 33.1 Å². The molecule has 0 radical (unpaired) electrons. The summed E-state index contributed by atoms with van der Waals surface area (Å²) < 4.78 is 13.1. The second-order valence-electron chi connectivity index (χ2n) is 23.1. The molecule has 0 atom stereocenters. The molecule has 0 fully saturated rings. The Morgan fingerprint density at radius 3 is 1.35 bits per heavy atom. The highest BCUT2D eigenvalue weighted by molar-refractivity contribution is 7.00. The number of rotatable bonds is 5. The van der Waals surface area contributed by atoms with Crippen LogP contribution in [0, 0.1) is 0 Å². The first kappa shape index (κ1) is 44.0. The number of fused-ring (bicyclic) bond motifs is 10. The smallest absolute Gasteiger partial charge is 0.252 e. The number of furan rings is 2. The van der Waals surface area contributed by atoms with Crippen molar-refractivity contribution >= 4 is 118 Å². The Kier molecular flexibility index (Phi) is 9.64. The lowest BCUT2D eigenvalue weighted by molar-refractivity contribution is 0.590. The van der Waals surface area contributed by atoms with Crippen molar-refractivity contribution in [3.05, 3.63) is 205 Å². The summed E-state index contributed by atoms with van der Waals surface area (Å²) in [4.78, 5) is 7.41. The average molecular weight is 936 g/mol. The molecule has 0 saturated carbocycles. The quantitative estimate of drug-likeness (QED) is 0.161. The number of hydrogen-bond donors (Lipinski definition) is 0. The van der Waals surface area contributed by atoms with Crippen LogP contribution in [-0.4, -0.2) is 6.71 Å². The van der Waals surface area contributed by atoms with Gasteiger partial charge in [-0.15, -0.1) is 0 Å².